The number of carbonyl (C=O) groups excluding carboxylic acids is 1. The van der Waals surface area contributed by atoms with Crippen LogP contribution in [0, 0.1) is 0 Å². The average Bonchev–Trinajstić information content (AvgIpc) is 3.17. The van der Waals surface area contributed by atoms with Gasteiger partial charge < -0.3 is 27.8 Å². The van der Waals surface area contributed by atoms with E-state index in [1.165, 1.54) is 16.4 Å². The summed E-state index contributed by atoms with van der Waals surface area (Å²) in [6.45, 7) is 26.1. The molecule has 60 heavy (non-hydrogen) atoms. The summed E-state index contributed by atoms with van der Waals surface area (Å²) in [6.07, 6.45) is 16.7. The maximum atomic E-state index is 12.7. The third-order valence-electron chi connectivity index (χ3n) is 12.1. The molecular formula is C47H73O9PSi3. The highest BCUT2D eigenvalue weighted by Crippen LogP contribution is 2.46. The molecule has 0 aliphatic carbocycles. The molecule has 13 heteroatoms. The molecule has 0 bridgehead atoms. The molecule has 3 rings (SSSR count). The van der Waals surface area contributed by atoms with Gasteiger partial charge in [-0.25, -0.2) is 9.36 Å². The first kappa shape index (κ1) is 51.6. The van der Waals surface area contributed by atoms with Crippen LogP contribution >= 0.6 is 7.82 Å². The van der Waals surface area contributed by atoms with Crippen LogP contribution in [0.4, 0.5) is 0 Å². The van der Waals surface area contributed by atoms with Crippen LogP contribution in [0.2, 0.25) is 41.3 Å². The molecule has 4 atom stereocenters. The molecule has 2 aromatic rings. The predicted molar refractivity (Wildman–Crippen MR) is 254 cm³/mol. The Balaban J connectivity index is 1.98. The fourth-order valence-corrected chi connectivity index (χ4v) is 16.9. The quantitative estimate of drug-likeness (QED) is 0.0391. The molecule has 9 nitrogen and oxygen atoms in total. The minimum absolute atomic E-state index is 0.0942. The largest absolute Gasteiger partial charge is 0.469 e. The van der Waals surface area contributed by atoms with Crippen molar-refractivity contribution in [1.82, 2.24) is 0 Å². The molecule has 1 aliphatic rings. The highest BCUT2D eigenvalue weighted by atomic mass is 31.2. The molecule has 0 saturated carbocycles. The number of rotatable bonds is 22. The standard InChI is InChI=1S/C47H73O9PSi3/c1-13-59(14-2,15-3)56-47(10,36-35-39-29-27-34-44(48)53-39)43(54-57(49,50)51)38-40(55-58(11,12)45(4,5)6)28-21-17-16-18-26-37-52-60(46(7,8)9,41-30-22-19-23-31-41)42-32-24-20-25-33-42/h16-28,30-36,39-40,43H,13-15,29,37-38H2,1-12H3,(H2,49,50,51)/b17-16-,26-18+,28-21-,36-35+/t39-,40+,43-,47-/m1/s1. The van der Waals surface area contributed by atoms with E-state index in [0.29, 0.717) is 13.0 Å². The van der Waals surface area contributed by atoms with Crippen LogP contribution in [0.15, 0.2) is 121 Å². The number of hydrogen-bond donors (Lipinski definition) is 2. The van der Waals surface area contributed by atoms with E-state index in [9.17, 15) is 19.1 Å². The summed E-state index contributed by atoms with van der Waals surface area (Å²) in [7, 11) is -12.5. The first-order chi connectivity index (χ1) is 28.0. The minimum atomic E-state index is -5.02. The zero-order chi connectivity index (χ0) is 44.9. The monoisotopic (exact) mass is 896 g/mol. The lowest BCUT2D eigenvalue weighted by atomic mass is 9.93. The Morgan fingerprint density at radius 1 is 0.833 bits per heavy atom. The molecule has 0 fully saturated rings. The first-order valence-corrected chi connectivity index (χ1v) is 30.3. The summed E-state index contributed by atoms with van der Waals surface area (Å²) in [5.41, 5.74) is -1.30. The van der Waals surface area contributed by atoms with Crippen LogP contribution in [0.3, 0.4) is 0 Å². The minimum Gasteiger partial charge on any atom is -0.455 e. The Morgan fingerprint density at radius 2 is 1.38 bits per heavy atom. The summed E-state index contributed by atoms with van der Waals surface area (Å²) in [6, 6.07) is 23.5. The van der Waals surface area contributed by atoms with Gasteiger partial charge in [0.1, 0.15) is 12.2 Å². The van der Waals surface area contributed by atoms with Crippen molar-refractivity contribution in [3.8, 4) is 0 Å². The SMILES string of the molecule is CC[Si](CC)(CC)O[C@](C)(/C=C/[C@H]1CC=CC(=O)O1)[C@@H](C[C@H](\C=C/C=C\C=C\CO[Si](c1ccccc1)(c1ccccc1)C(C)(C)C)O[Si](C)(C)C(C)(C)C)OP(=O)(O)O. The Hall–Kier alpha value is -2.75. The summed E-state index contributed by atoms with van der Waals surface area (Å²) in [5, 5.41) is 2.17. The van der Waals surface area contributed by atoms with Crippen LogP contribution in [0.5, 0.6) is 0 Å². The van der Waals surface area contributed by atoms with Crippen molar-refractivity contribution >= 4 is 49.1 Å². The zero-order valence-corrected chi connectivity index (χ0v) is 42.1. The fraction of sp³-hybridized carbons (Fsp3) is 0.511. The van der Waals surface area contributed by atoms with Crippen LogP contribution in [-0.4, -0.2) is 71.2 Å². The molecule has 0 saturated heterocycles. The topological polar surface area (TPSA) is 121 Å². The van der Waals surface area contributed by atoms with Crippen molar-refractivity contribution < 1.29 is 41.7 Å². The Bertz CT molecular complexity index is 1790. The van der Waals surface area contributed by atoms with Gasteiger partial charge in [0.2, 0.25) is 0 Å². The van der Waals surface area contributed by atoms with Gasteiger partial charge >= 0.3 is 13.8 Å². The highest BCUT2D eigenvalue weighted by Gasteiger charge is 2.50. The van der Waals surface area contributed by atoms with Gasteiger partial charge in [0.05, 0.1) is 18.3 Å². The number of phosphoric acid groups is 1. The maximum absolute atomic E-state index is 12.7. The summed E-state index contributed by atoms with van der Waals surface area (Å²) >= 11 is 0. The van der Waals surface area contributed by atoms with E-state index in [4.69, 9.17) is 22.5 Å². The Morgan fingerprint density at radius 3 is 1.87 bits per heavy atom. The van der Waals surface area contributed by atoms with Gasteiger partial charge in [-0.15, -0.1) is 0 Å². The number of benzene rings is 2. The van der Waals surface area contributed by atoms with Crippen LogP contribution in [0.1, 0.15) is 82.1 Å². The number of esters is 1. The predicted octanol–water partition coefficient (Wildman–Crippen LogP) is 10.7. The zero-order valence-electron chi connectivity index (χ0n) is 38.2. The van der Waals surface area contributed by atoms with Gasteiger partial charge in [-0.05, 0) is 64.7 Å². The molecule has 0 spiro atoms. The van der Waals surface area contributed by atoms with Gasteiger partial charge in [-0.1, -0.05) is 172 Å². The molecule has 332 valence electrons. The summed E-state index contributed by atoms with van der Waals surface area (Å²) in [5.74, 6) is -0.441. The molecule has 0 radical (unpaired) electrons. The molecule has 0 amide bonds. The third kappa shape index (κ3) is 14.4. The second-order valence-corrected chi connectivity index (χ2v) is 33.4. The third-order valence-corrected chi connectivity index (χ3v) is 26.9. The molecule has 0 aromatic heterocycles. The highest BCUT2D eigenvalue weighted by molar-refractivity contribution is 7.46. The van der Waals surface area contributed by atoms with E-state index >= 15 is 0 Å². The van der Waals surface area contributed by atoms with Gasteiger partial charge in [0.15, 0.2) is 16.6 Å². The Labute approximate surface area is 364 Å². The number of hydrogen-bond acceptors (Lipinski definition) is 7. The number of ether oxygens (including phenoxy) is 1. The molecule has 1 heterocycles. The molecule has 2 N–H and O–H groups in total. The van der Waals surface area contributed by atoms with Crippen LogP contribution in [-0.2, 0) is 31.9 Å². The number of allylic oxidation sites excluding steroid dienone is 4. The molecule has 2 aromatic carbocycles. The van der Waals surface area contributed by atoms with E-state index in [1.54, 1.807) is 18.2 Å². The molecule has 1 aliphatic heterocycles. The van der Waals surface area contributed by atoms with E-state index in [-0.39, 0.29) is 16.5 Å². The smallest absolute Gasteiger partial charge is 0.455 e. The van der Waals surface area contributed by atoms with Gasteiger partial charge in [-0.2, -0.15) is 0 Å². The average molecular weight is 897 g/mol. The lowest BCUT2D eigenvalue weighted by molar-refractivity contribution is -0.141. The van der Waals surface area contributed by atoms with Crippen LogP contribution < -0.4 is 10.4 Å². The second-order valence-electron chi connectivity index (χ2n) is 18.4. The van der Waals surface area contributed by atoms with E-state index in [1.807, 2.05) is 55.5 Å². The maximum Gasteiger partial charge on any atom is 0.469 e. The molecular weight excluding hydrogens is 824 g/mol. The van der Waals surface area contributed by atoms with Crippen LogP contribution in [0.25, 0.3) is 0 Å². The van der Waals surface area contributed by atoms with Crippen molar-refractivity contribution in [3.63, 3.8) is 0 Å². The van der Waals surface area contributed by atoms with Crippen molar-refractivity contribution in [2.45, 2.75) is 147 Å². The number of phosphoric ester groups is 1. The number of cyclic esters (lactones) is 1. The van der Waals surface area contributed by atoms with Crippen molar-refractivity contribution in [2.75, 3.05) is 6.61 Å². The van der Waals surface area contributed by atoms with E-state index < -0.39 is 62.7 Å². The lowest BCUT2D eigenvalue weighted by Crippen LogP contribution is -2.66. The van der Waals surface area contributed by atoms with Gasteiger partial charge in [0.25, 0.3) is 8.32 Å². The van der Waals surface area contributed by atoms with Crippen molar-refractivity contribution in [2.24, 2.45) is 0 Å². The van der Waals surface area contributed by atoms with E-state index in [2.05, 4.69) is 124 Å². The first-order valence-electron chi connectivity index (χ1n) is 21.4. The van der Waals surface area contributed by atoms with E-state index in [0.717, 1.165) is 18.1 Å². The van der Waals surface area contributed by atoms with Gasteiger partial charge in [-0.3, -0.25) is 4.52 Å². The molecule has 0 unspecified atom stereocenters. The normalized spacial score (nSPS) is 18.4. The Kier molecular flexibility index (Phi) is 19.0. The van der Waals surface area contributed by atoms with Crippen molar-refractivity contribution in [1.29, 1.82) is 0 Å². The lowest BCUT2D eigenvalue weighted by Gasteiger charge is -2.45. The summed E-state index contributed by atoms with van der Waals surface area (Å²) in [4.78, 5) is 32.8. The van der Waals surface area contributed by atoms with Gasteiger partial charge in [0, 0.05) is 18.9 Å². The van der Waals surface area contributed by atoms with Crippen molar-refractivity contribution in [3.05, 3.63) is 121 Å². The fourth-order valence-electron chi connectivity index (χ4n) is 7.46. The number of carbonyl (C=O) groups is 1. The second kappa shape index (κ2) is 22.0. The summed E-state index contributed by atoms with van der Waals surface area (Å²) < 4.78 is 45.1.